The van der Waals surface area contributed by atoms with Gasteiger partial charge in [0.05, 0.1) is 17.8 Å². The van der Waals surface area contributed by atoms with Crippen LogP contribution in [0.5, 0.6) is 0 Å². The Morgan fingerprint density at radius 2 is 1.85 bits per heavy atom. The van der Waals surface area contributed by atoms with Gasteiger partial charge in [0.2, 0.25) is 0 Å². The largest absolute Gasteiger partial charge is 0.299 e. The number of hydrogen-bond donors (Lipinski definition) is 0. The van der Waals surface area contributed by atoms with Gasteiger partial charge in [-0.2, -0.15) is 0 Å². The summed E-state index contributed by atoms with van der Waals surface area (Å²) < 4.78 is 14.8. The highest BCUT2D eigenvalue weighted by Crippen LogP contribution is 2.32. The second kappa shape index (κ2) is 4.83. The third kappa shape index (κ3) is 2.04. The van der Waals surface area contributed by atoms with Gasteiger partial charge in [-0.3, -0.25) is 14.5 Å². The number of halogens is 2. The molecular weight excluding hydrogens is 325 g/mol. The Hall–Kier alpha value is -2.01. The Morgan fingerprint density at radius 3 is 2.60 bits per heavy atom. The quantitative estimate of drug-likeness (QED) is 0.790. The van der Waals surface area contributed by atoms with E-state index in [4.69, 9.17) is 0 Å². The normalized spacial score (nSPS) is 13.8. The van der Waals surface area contributed by atoms with E-state index < -0.39 is 17.5 Å². The first kappa shape index (κ1) is 13.0. The van der Waals surface area contributed by atoms with Crippen molar-refractivity contribution in [2.75, 3.05) is 4.90 Å². The molecule has 0 radical (unpaired) electrons. The molecule has 0 unspecified atom stereocenters. The van der Waals surface area contributed by atoms with Crippen LogP contribution in [0.2, 0.25) is 0 Å². The minimum Gasteiger partial charge on any atom is -0.298 e. The van der Waals surface area contributed by atoms with Crippen LogP contribution in [0.1, 0.15) is 15.9 Å². The van der Waals surface area contributed by atoms with Crippen LogP contribution in [-0.4, -0.2) is 11.7 Å². The van der Waals surface area contributed by atoms with Crippen molar-refractivity contribution in [2.24, 2.45) is 0 Å². The number of carbonyl (C=O) groups is 2. The molecule has 1 heterocycles. The second-order valence-corrected chi connectivity index (χ2v) is 5.40. The van der Waals surface area contributed by atoms with Crippen LogP contribution >= 0.6 is 15.9 Å². The van der Waals surface area contributed by atoms with Gasteiger partial charge in [-0.05, 0) is 29.8 Å². The number of Topliss-reactive ketones (excluding diaryl/α,β-unsaturated/α-hetero) is 1. The van der Waals surface area contributed by atoms with Crippen LogP contribution in [0.25, 0.3) is 0 Å². The summed E-state index contributed by atoms with van der Waals surface area (Å²) in [5.74, 6) is -1.91. The number of amides is 1. The third-order valence-corrected chi connectivity index (χ3v) is 3.66. The zero-order valence-corrected chi connectivity index (χ0v) is 11.9. The van der Waals surface area contributed by atoms with Crippen molar-refractivity contribution >= 4 is 33.3 Å². The van der Waals surface area contributed by atoms with E-state index in [-0.39, 0.29) is 17.8 Å². The number of benzene rings is 2. The molecule has 3 rings (SSSR count). The molecule has 5 heteroatoms. The minimum atomic E-state index is -0.690. The highest BCUT2D eigenvalue weighted by molar-refractivity contribution is 9.10. The van der Waals surface area contributed by atoms with E-state index in [0.29, 0.717) is 0 Å². The van der Waals surface area contributed by atoms with E-state index in [2.05, 4.69) is 15.9 Å². The molecule has 20 heavy (non-hydrogen) atoms. The molecule has 0 fully saturated rings. The molecule has 2 aromatic carbocycles. The molecule has 100 valence electrons. The molecule has 1 amide bonds. The first-order valence-corrected chi connectivity index (χ1v) is 6.76. The number of para-hydroxylation sites is 1. The van der Waals surface area contributed by atoms with Crippen LogP contribution in [0.4, 0.5) is 10.1 Å². The van der Waals surface area contributed by atoms with Crippen molar-refractivity contribution in [1.82, 2.24) is 0 Å². The Kier molecular flexibility index (Phi) is 3.14. The maximum Gasteiger partial charge on any atom is 0.299 e. The fourth-order valence-electron chi connectivity index (χ4n) is 2.28. The van der Waals surface area contributed by atoms with E-state index in [1.807, 2.05) is 24.3 Å². The van der Waals surface area contributed by atoms with Crippen LogP contribution < -0.4 is 4.90 Å². The van der Waals surface area contributed by atoms with E-state index in [1.165, 1.54) is 23.1 Å². The van der Waals surface area contributed by atoms with E-state index >= 15 is 0 Å². The molecule has 0 aliphatic carbocycles. The lowest BCUT2D eigenvalue weighted by molar-refractivity contribution is -0.114. The van der Waals surface area contributed by atoms with Crippen molar-refractivity contribution in [1.29, 1.82) is 0 Å². The van der Waals surface area contributed by atoms with Crippen molar-refractivity contribution in [3.8, 4) is 0 Å². The van der Waals surface area contributed by atoms with Gasteiger partial charge in [0.25, 0.3) is 11.7 Å². The highest BCUT2D eigenvalue weighted by Gasteiger charge is 2.37. The van der Waals surface area contributed by atoms with Gasteiger partial charge in [0, 0.05) is 4.47 Å². The van der Waals surface area contributed by atoms with Crippen LogP contribution in [0.3, 0.4) is 0 Å². The average Bonchev–Trinajstić information content (AvgIpc) is 2.66. The fraction of sp³-hybridized carbons (Fsp3) is 0.0667. The summed E-state index contributed by atoms with van der Waals surface area (Å²) in [7, 11) is 0. The highest BCUT2D eigenvalue weighted by atomic mass is 79.9. The number of hydrogen-bond acceptors (Lipinski definition) is 2. The molecule has 0 spiro atoms. The molecule has 1 aliphatic heterocycles. The van der Waals surface area contributed by atoms with Crippen molar-refractivity contribution in [2.45, 2.75) is 6.54 Å². The predicted octanol–water partition coefficient (Wildman–Crippen LogP) is 3.32. The third-order valence-electron chi connectivity index (χ3n) is 3.17. The standard InChI is InChI=1S/C15H9BrFNO2/c16-10-4-1-3-9(7-10)8-18-13-11(14(19)15(18)20)5-2-6-12(13)17/h1-7H,8H2. The number of fused-ring (bicyclic) bond motifs is 1. The van der Waals surface area contributed by atoms with Gasteiger partial charge < -0.3 is 0 Å². The molecular formula is C15H9BrFNO2. The molecule has 1 aliphatic rings. The topological polar surface area (TPSA) is 37.4 Å². The molecule has 0 saturated heterocycles. The van der Waals surface area contributed by atoms with E-state index in [1.54, 1.807) is 0 Å². The van der Waals surface area contributed by atoms with E-state index in [0.717, 1.165) is 10.0 Å². The summed E-state index contributed by atoms with van der Waals surface area (Å²) in [5.41, 5.74) is 1.02. The summed E-state index contributed by atoms with van der Waals surface area (Å²) in [6.07, 6.45) is 0. The van der Waals surface area contributed by atoms with Crippen LogP contribution in [0.15, 0.2) is 46.9 Å². The van der Waals surface area contributed by atoms with Crippen molar-refractivity contribution in [3.05, 3.63) is 63.9 Å². The SMILES string of the molecule is O=C1C(=O)N(Cc2cccc(Br)c2)c2c(F)cccc21. The zero-order valence-electron chi connectivity index (χ0n) is 10.3. The number of anilines is 1. The Labute approximate surface area is 123 Å². The minimum absolute atomic E-state index is 0.0717. The average molecular weight is 334 g/mol. The number of carbonyl (C=O) groups excluding carboxylic acids is 2. The maximum absolute atomic E-state index is 13.9. The van der Waals surface area contributed by atoms with Gasteiger partial charge >= 0.3 is 0 Å². The molecule has 0 N–H and O–H groups in total. The predicted molar refractivity (Wildman–Crippen MR) is 76.1 cm³/mol. The first-order chi connectivity index (χ1) is 9.58. The van der Waals surface area contributed by atoms with Gasteiger partial charge in [-0.1, -0.05) is 34.1 Å². The van der Waals surface area contributed by atoms with E-state index in [9.17, 15) is 14.0 Å². The van der Waals surface area contributed by atoms with Crippen LogP contribution in [0, 0.1) is 5.82 Å². The summed E-state index contributed by atoms with van der Waals surface area (Å²) >= 11 is 3.34. The number of ketones is 1. The molecule has 0 aromatic heterocycles. The lowest BCUT2D eigenvalue weighted by atomic mass is 10.1. The monoisotopic (exact) mass is 333 g/mol. The van der Waals surface area contributed by atoms with Gasteiger partial charge in [-0.15, -0.1) is 0 Å². The number of nitrogens with zero attached hydrogens (tertiary/aromatic N) is 1. The molecule has 2 aromatic rings. The van der Waals surface area contributed by atoms with Crippen molar-refractivity contribution in [3.63, 3.8) is 0 Å². The van der Waals surface area contributed by atoms with Gasteiger partial charge in [-0.25, -0.2) is 4.39 Å². The van der Waals surface area contributed by atoms with Crippen LogP contribution in [-0.2, 0) is 11.3 Å². The Bertz CT molecular complexity index is 730. The lowest BCUT2D eigenvalue weighted by Crippen LogP contribution is -2.29. The second-order valence-electron chi connectivity index (χ2n) is 4.49. The molecule has 0 bridgehead atoms. The molecule has 0 atom stereocenters. The Balaban J connectivity index is 2.03. The molecule has 3 nitrogen and oxygen atoms in total. The smallest absolute Gasteiger partial charge is 0.298 e. The zero-order chi connectivity index (χ0) is 14.3. The lowest BCUT2D eigenvalue weighted by Gasteiger charge is -2.17. The van der Waals surface area contributed by atoms with Gasteiger partial charge in [0.1, 0.15) is 5.82 Å². The number of rotatable bonds is 2. The maximum atomic E-state index is 13.9. The summed E-state index contributed by atoms with van der Waals surface area (Å²) in [6, 6.07) is 11.5. The first-order valence-electron chi connectivity index (χ1n) is 5.97. The van der Waals surface area contributed by atoms with Crippen molar-refractivity contribution < 1.29 is 14.0 Å². The summed E-state index contributed by atoms with van der Waals surface area (Å²) in [6.45, 7) is 0.165. The molecule has 0 saturated carbocycles. The van der Waals surface area contributed by atoms with Gasteiger partial charge in [0.15, 0.2) is 0 Å². The summed E-state index contributed by atoms with van der Waals surface area (Å²) in [5, 5.41) is 0. The fourth-order valence-corrected chi connectivity index (χ4v) is 2.73. The summed E-state index contributed by atoms with van der Waals surface area (Å²) in [4.78, 5) is 25.0. The Morgan fingerprint density at radius 1 is 1.10 bits per heavy atom.